The summed E-state index contributed by atoms with van der Waals surface area (Å²) in [7, 11) is 0. The number of hydrogen-bond donors (Lipinski definition) is 2. The van der Waals surface area contributed by atoms with E-state index in [1.807, 2.05) is 19.1 Å². The normalized spacial score (nSPS) is 19.4. The van der Waals surface area contributed by atoms with Gasteiger partial charge in [0.05, 0.1) is 25.9 Å². The van der Waals surface area contributed by atoms with Crippen molar-refractivity contribution in [3.8, 4) is 0 Å². The fraction of sp³-hybridized carbons (Fsp3) is 0.565. The first-order chi connectivity index (χ1) is 15.5. The number of aromatic nitrogens is 1. The molecule has 9 heteroatoms. The van der Waals surface area contributed by atoms with Crippen molar-refractivity contribution in [1.29, 1.82) is 0 Å². The molecular weight excluding hydrogens is 448 g/mol. The summed E-state index contributed by atoms with van der Waals surface area (Å²) in [5.41, 5.74) is 2.29. The van der Waals surface area contributed by atoms with Crippen molar-refractivity contribution in [3.63, 3.8) is 0 Å². The van der Waals surface area contributed by atoms with Crippen LogP contribution in [0.25, 0.3) is 10.9 Å². The van der Waals surface area contributed by atoms with E-state index in [0.717, 1.165) is 75.3 Å². The van der Waals surface area contributed by atoms with Crippen LogP contribution in [-0.4, -0.2) is 78.5 Å². The lowest BCUT2D eigenvalue weighted by Crippen LogP contribution is -2.47. The van der Waals surface area contributed by atoms with Crippen molar-refractivity contribution < 1.29 is 9.47 Å². The number of aromatic amines is 1. The highest BCUT2D eigenvalue weighted by Crippen LogP contribution is 2.22. The van der Waals surface area contributed by atoms with Gasteiger partial charge in [-0.05, 0) is 61.1 Å². The van der Waals surface area contributed by atoms with Gasteiger partial charge in [-0.1, -0.05) is 11.6 Å². The summed E-state index contributed by atoms with van der Waals surface area (Å²) in [6, 6.07) is 5.76. The van der Waals surface area contributed by atoms with Crippen molar-refractivity contribution in [1.82, 2.24) is 20.1 Å². The second-order valence-electron chi connectivity index (χ2n) is 8.51. The molecule has 2 aromatic rings. The molecule has 0 aliphatic carbocycles. The first kappa shape index (κ1) is 23.4. The van der Waals surface area contributed by atoms with E-state index in [1.165, 1.54) is 0 Å². The lowest BCUT2D eigenvalue weighted by atomic mass is 10.1. The number of fused-ring (bicyclic) bond motifs is 1. The summed E-state index contributed by atoms with van der Waals surface area (Å²) in [6.45, 7) is 8.86. The largest absolute Gasteiger partial charge is 0.379 e. The molecule has 0 spiro atoms. The van der Waals surface area contributed by atoms with Crippen LogP contribution in [-0.2, 0) is 16.0 Å². The Kier molecular flexibility index (Phi) is 8.02. The highest BCUT2D eigenvalue weighted by Gasteiger charge is 2.19. The van der Waals surface area contributed by atoms with Gasteiger partial charge in [0, 0.05) is 55.4 Å². The Morgan fingerprint density at radius 1 is 1.31 bits per heavy atom. The van der Waals surface area contributed by atoms with Gasteiger partial charge in [0.15, 0.2) is 5.11 Å². The number of pyridine rings is 1. The molecule has 2 N–H and O–H groups in total. The fourth-order valence-corrected chi connectivity index (χ4v) is 4.57. The van der Waals surface area contributed by atoms with Crippen LogP contribution in [0.4, 0.5) is 0 Å². The third-order valence-electron chi connectivity index (χ3n) is 6.14. The Morgan fingerprint density at radius 3 is 2.88 bits per heavy atom. The van der Waals surface area contributed by atoms with Crippen molar-refractivity contribution in [2.45, 2.75) is 32.4 Å². The van der Waals surface area contributed by atoms with Crippen molar-refractivity contribution >= 4 is 39.8 Å². The summed E-state index contributed by atoms with van der Waals surface area (Å²) >= 11 is 12.0. The summed E-state index contributed by atoms with van der Waals surface area (Å²) in [5.74, 6) is 0. The molecule has 4 rings (SSSR count). The van der Waals surface area contributed by atoms with Crippen molar-refractivity contribution in [2.75, 3.05) is 52.5 Å². The number of benzene rings is 1. The molecule has 0 bridgehead atoms. The molecule has 7 nitrogen and oxygen atoms in total. The Bertz CT molecular complexity index is 1000. The number of rotatable bonds is 7. The Balaban J connectivity index is 1.49. The molecule has 0 amide bonds. The van der Waals surface area contributed by atoms with Crippen LogP contribution in [0.2, 0.25) is 5.02 Å². The topological polar surface area (TPSA) is 69.8 Å². The van der Waals surface area contributed by atoms with E-state index in [2.05, 4.69) is 20.1 Å². The standard InChI is InChI=1S/C23H31ClN4O3S/c1-16-11-17-12-18(22(29)26-21(17)13-20(16)24)15-28(5-4-27-6-9-30-10-7-27)23(32)25-14-19-3-2-8-31-19/h11-13,19H,2-10,14-15H2,1H3,(H,25,32)(H,26,29)/t19-/m0/s1. The molecule has 2 aliphatic heterocycles. The molecule has 2 aliphatic rings. The third kappa shape index (κ3) is 5.99. The zero-order valence-corrected chi connectivity index (χ0v) is 20.1. The van der Waals surface area contributed by atoms with Gasteiger partial charge in [0.25, 0.3) is 5.56 Å². The molecule has 2 fully saturated rings. The number of nitrogens with one attached hydrogen (secondary N) is 2. The zero-order valence-electron chi connectivity index (χ0n) is 18.5. The van der Waals surface area contributed by atoms with Gasteiger partial charge < -0.3 is 24.7 Å². The number of nitrogens with zero attached hydrogens (tertiary/aromatic N) is 2. The molecule has 1 atom stereocenters. The lowest BCUT2D eigenvalue weighted by molar-refractivity contribution is 0.0356. The van der Waals surface area contributed by atoms with Crippen LogP contribution in [0.3, 0.4) is 0 Å². The van der Waals surface area contributed by atoms with Crippen LogP contribution >= 0.6 is 23.8 Å². The van der Waals surface area contributed by atoms with Gasteiger partial charge in [-0.3, -0.25) is 9.69 Å². The fourth-order valence-electron chi connectivity index (χ4n) is 4.17. The van der Waals surface area contributed by atoms with Gasteiger partial charge in [0.2, 0.25) is 0 Å². The summed E-state index contributed by atoms with van der Waals surface area (Å²) in [6.07, 6.45) is 2.34. The SMILES string of the molecule is Cc1cc2cc(CN(CCN3CCOCC3)C(=S)NC[C@@H]3CCCO3)c(=O)[nH]c2cc1Cl. The number of hydrogen-bond acceptors (Lipinski definition) is 5. The minimum absolute atomic E-state index is 0.115. The van der Waals surface area contributed by atoms with Gasteiger partial charge in [-0.25, -0.2) is 0 Å². The van der Waals surface area contributed by atoms with Crippen LogP contribution in [0.1, 0.15) is 24.0 Å². The molecule has 3 heterocycles. The highest BCUT2D eigenvalue weighted by atomic mass is 35.5. The molecule has 2 saturated heterocycles. The number of morpholine rings is 1. The van der Waals surface area contributed by atoms with Crippen molar-refractivity contribution in [2.24, 2.45) is 0 Å². The maximum absolute atomic E-state index is 12.8. The minimum Gasteiger partial charge on any atom is -0.379 e. The Hall–Kier alpha value is -1.71. The van der Waals surface area contributed by atoms with Crippen LogP contribution in [0.15, 0.2) is 23.0 Å². The first-order valence-corrected chi connectivity index (χ1v) is 12.0. The molecule has 32 heavy (non-hydrogen) atoms. The van der Waals surface area contributed by atoms with E-state index >= 15 is 0 Å². The minimum atomic E-state index is -0.115. The molecular formula is C23H31ClN4O3S. The molecule has 1 aromatic carbocycles. The van der Waals surface area contributed by atoms with E-state index in [4.69, 9.17) is 33.3 Å². The van der Waals surface area contributed by atoms with Gasteiger partial charge >= 0.3 is 0 Å². The Labute approximate surface area is 199 Å². The second-order valence-corrected chi connectivity index (χ2v) is 9.30. The van der Waals surface area contributed by atoms with E-state index in [1.54, 1.807) is 6.07 Å². The number of thiocarbonyl (C=S) groups is 1. The van der Waals surface area contributed by atoms with E-state index in [9.17, 15) is 4.79 Å². The van der Waals surface area contributed by atoms with Gasteiger partial charge in [-0.2, -0.15) is 0 Å². The Morgan fingerprint density at radius 2 is 2.12 bits per heavy atom. The highest BCUT2D eigenvalue weighted by molar-refractivity contribution is 7.80. The molecule has 0 radical (unpaired) electrons. The van der Waals surface area contributed by atoms with Gasteiger partial charge in [0.1, 0.15) is 0 Å². The molecule has 0 saturated carbocycles. The number of aryl methyl sites for hydroxylation is 1. The smallest absolute Gasteiger partial charge is 0.253 e. The molecule has 174 valence electrons. The maximum atomic E-state index is 12.8. The second kappa shape index (κ2) is 10.9. The molecule has 1 aromatic heterocycles. The van der Waals surface area contributed by atoms with E-state index < -0.39 is 0 Å². The van der Waals surface area contributed by atoms with E-state index in [0.29, 0.717) is 28.8 Å². The van der Waals surface area contributed by atoms with Crippen LogP contribution < -0.4 is 10.9 Å². The number of ether oxygens (including phenoxy) is 2. The summed E-state index contributed by atoms with van der Waals surface area (Å²) < 4.78 is 11.2. The quantitative estimate of drug-likeness (QED) is 0.593. The van der Waals surface area contributed by atoms with E-state index in [-0.39, 0.29) is 11.7 Å². The lowest BCUT2D eigenvalue weighted by Gasteiger charge is -2.31. The van der Waals surface area contributed by atoms with Crippen molar-refractivity contribution in [3.05, 3.63) is 44.7 Å². The molecule has 0 unspecified atom stereocenters. The third-order valence-corrected chi connectivity index (χ3v) is 6.95. The number of H-pyrrole nitrogens is 1. The first-order valence-electron chi connectivity index (χ1n) is 11.3. The van der Waals surface area contributed by atoms with Crippen LogP contribution in [0, 0.1) is 6.92 Å². The average Bonchev–Trinajstić information content (AvgIpc) is 3.31. The average molecular weight is 479 g/mol. The summed E-state index contributed by atoms with van der Waals surface area (Å²) in [4.78, 5) is 20.3. The summed E-state index contributed by atoms with van der Waals surface area (Å²) in [5, 5.41) is 5.63. The van der Waals surface area contributed by atoms with Gasteiger partial charge in [-0.15, -0.1) is 0 Å². The monoisotopic (exact) mass is 478 g/mol. The predicted octanol–water partition coefficient (Wildman–Crippen LogP) is 2.68. The zero-order chi connectivity index (χ0) is 22.5. The maximum Gasteiger partial charge on any atom is 0.253 e. The number of halogens is 1. The van der Waals surface area contributed by atoms with Crippen LogP contribution in [0.5, 0.6) is 0 Å². The predicted molar refractivity (Wildman–Crippen MR) is 132 cm³/mol.